The Morgan fingerprint density at radius 3 is 2.69 bits per heavy atom. The summed E-state index contributed by atoms with van der Waals surface area (Å²) in [6.07, 6.45) is 1.73. The number of hydrogen-bond donors (Lipinski definition) is 0. The van der Waals surface area contributed by atoms with E-state index >= 15 is 0 Å². The van der Waals surface area contributed by atoms with Crippen LogP contribution >= 0.6 is 11.8 Å². The van der Waals surface area contributed by atoms with Crippen molar-refractivity contribution in [3.63, 3.8) is 0 Å². The molecular weight excluding hydrogens is 482 g/mol. The predicted molar refractivity (Wildman–Crippen MR) is 137 cm³/mol. The summed E-state index contributed by atoms with van der Waals surface area (Å²) in [4.78, 5) is 45.6. The van der Waals surface area contributed by atoms with Crippen LogP contribution in [0.25, 0.3) is 6.08 Å². The SMILES string of the molecule is CCOC(=O)c1cccc(N=C2SC(=Cc3ccccc3OCC(=O)N3CCOCC3)C(=O)N2C)c1. The minimum Gasteiger partial charge on any atom is -0.483 e. The molecule has 0 atom stereocenters. The van der Waals surface area contributed by atoms with Crippen molar-refractivity contribution in [3.8, 4) is 5.75 Å². The van der Waals surface area contributed by atoms with Crippen molar-refractivity contribution < 1.29 is 28.6 Å². The first-order valence-corrected chi connectivity index (χ1v) is 12.4. The second-order valence-electron chi connectivity index (χ2n) is 7.96. The van der Waals surface area contributed by atoms with Gasteiger partial charge >= 0.3 is 5.97 Å². The van der Waals surface area contributed by atoms with Gasteiger partial charge in [-0.05, 0) is 49.0 Å². The van der Waals surface area contributed by atoms with E-state index in [1.807, 2.05) is 18.2 Å². The molecule has 36 heavy (non-hydrogen) atoms. The Bertz CT molecular complexity index is 1210. The number of para-hydroxylation sites is 1. The molecule has 0 radical (unpaired) electrons. The van der Waals surface area contributed by atoms with E-state index in [1.165, 1.54) is 16.7 Å². The molecule has 2 aliphatic heterocycles. The first kappa shape index (κ1) is 25.5. The molecule has 4 rings (SSSR count). The fourth-order valence-corrected chi connectivity index (χ4v) is 4.57. The first-order chi connectivity index (χ1) is 17.5. The third-order valence-corrected chi connectivity index (χ3v) is 6.57. The highest BCUT2D eigenvalue weighted by molar-refractivity contribution is 8.18. The van der Waals surface area contributed by atoms with E-state index < -0.39 is 5.97 Å². The lowest BCUT2D eigenvalue weighted by Gasteiger charge is -2.26. The van der Waals surface area contributed by atoms with Crippen LogP contribution in [0.15, 0.2) is 58.4 Å². The number of benzene rings is 2. The zero-order valence-electron chi connectivity index (χ0n) is 20.1. The van der Waals surface area contributed by atoms with Crippen LogP contribution in [0.2, 0.25) is 0 Å². The van der Waals surface area contributed by atoms with Crippen molar-refractivity contribution in [2.45, 2.75) is 6.92 Å². The number of carbonyl (C=O) groups is 3. The zero-order chi connectivity index (χ0) is 25.5. The summed E-state index contributed by atoms with van der Waals surface area (Å²) >= 11 is 1.22. The fourth-order valence-electron chi connectivity index (χ4n) is 3.59. The van der Waals surface area contributed by atoms with Gasteiger partial charge in [-0.2, -0.15) is 0 Å². The van der Waals surface area contributed by atoms with Gasteiger partial charge in [-0.3, -0.25) is 14.5 Å². The van der Waals surface area contributed by atoms with Crippen LogP contribution in [0.3, 0.4) is 0 Å². The molecule has 0 spiro atoms. The smallest absolute Gasteiger partial charge is 0.338 e. The molecule has 9 nitrogen and oxygen atoms in total. The van der Waals surface area contributed by atoms with Gasteiger partial charge in [0.25, 0.3) is 11.8 Å². The van der Waals surface area contributed by atoms with Crippen molar-refractivity contribution >= 4 is 46.5 Å². The van der Waals surface area contributed by atoms with E-state index in [0.717, 1.165) is 0 Å². The largest absolute Gasteiger partial charge is 0.483 e. The molecule has 2 heterocycles. The molecule has 0 saturated carbocycles. The number of hydrogen-bond acceptors (Lipinski definition) is 8. The van der Waals surface area contributed by atoms with Crippen LogP contribution in [0.4, 0.5) is 5.69 Å². The van der Waals surface area contributed by atoms with E-state index in [-0.39, 0.29) is 25.0 Å². The number of rotatable bonds is 7. The predicted octanol–water partition coefficient (Wildman–Crippen LogP) is 3.33. The lowest BCUT2D eigenvalue weighted by Crippen LogP contribution is -2.43. The Hall–Kier alpha value is -3.63. The maximum absolute atomic E-state index is 12.9. The van der Waals surface area contributed by atoms with Crippen molar-refractivity contribution in [2.75, 3.05) is 46.6 Å². The number of amidine groups is 1. The van der Waals surface area contributed by atoms with E-state index in [0.29, 0.717) is 58.9 Å². The van der Waals surface area contributed by atoms with Crippen molar-refractivity contribution in [3.05, 3.63) is 64.6 Å². The Morgan fingerprint density at radius 1 is 1.14 bits per heavy atom. The second kappa shape index (κ2) is 11.9. The normalized spacial score (nSPS) is 18.1. The quantitative estimate of drug-likeness (QED) is 0.417. The minimum atomic E-state index is -0.424. The lowest BCUT2D eigenvalue weighted by molar-refractivity contribution is -0.137. The van der Waals surface area contributed by atoms with Gasteiger partial charge in [-0.15, -0.1) is 0 Å². The molecule has 0 bridgehead atoms. The highest BCUT2D eigenvalue weighted by Crippen LogP contribution is 2.34. The van der Waals surface area contributed by atoms with Crippen LogP contribution in [0.1, 0.15) is 22.8 Å². The van der Waals surface area contributed by atoms with Crippen LogP contribution < -0.4 is 4.74 Å². The number of aliphatic imine (C=N–C) groups is 1. The molecular formula is C26H27N3O6S. The van der Waals surface area contributed by atoms with E-state index in [4.69, 9.17) is 14.2 Å². The van der Waals surface area contributed by atoms with Crippen molar-refractivity contribution in [2.24, 2.45) is 4.99 Å². The van der Waals surface area contributed by atoms with Crippen LogP contribution in [0, 0.1) is 0 Å². The molecule has 188 valence electrons. The standard InChI is InChI=1S/C26H27N3O6S/c1-3-34-25(32)19-8-6-9-20(15-19)27-26-28(2)24(31)22(36-26)16-18-7-4-5-10-21(18)35-17-23(30)29-11-13-33-14-12-29/h4-10,15-16H,3,11-14,17H2,1-2H3. The monoisotopic (exact) mass is 509 g/mol. The molecule has 0 aliphatic carbocycles. The third-order valence-electron chi connectivity index (χ3n) is 5.51. The van der Waals surface area contributed by atoms with Crippen molar-refractivity contribution in [1.82, 2.24) is 9.80 Å². The highest BCUT2D eigenvalue weighted by atomic mass is 32.2. The van der Waals surface area contributed by atoms with Gasteiger partial charge in [0, 0.05) is 25.7 Å². The number of nitrogens with zero attached hydrogens (tertiary/aromatic N) is 3. The Balaban J connectivity index is 1.49. The summed E-state index contributed by atoms with van der Waals surface area (Å²) in [5, 5.41) is 0.480. The summed E-state index contributed by atoms with van der Waals surface area (Å²) in [6, 6.07) is 14.0. The van der Waals surface area contributed by atoms with Gasteiger partial charge in [0.1, 0.15) is 5.75 Å². The van der Waals surface area contributed by atoms with Gasteiger partial charge in [-0.1, -0.05) is 24.3 Å². The summed E-state index contributed by atoms with van der Waals surface area (Å²) < 4.78 is 16.2. The number of ether oxygens (including phenoxy) is 3. The fraction of sp³-hybridized carbons (Fsp3) is 0.308. The van der Waals surface area contributed by atoms with Gasteiger partial charge in [-0.25, -0.2) is 9.79 Å². The molecule has 2 aliphatic rings. The Morgan fingerprint density at radius 2 is 1.92 bits per heavy atom. The lowest BCUT2D eigenvalue weighted by atomic mass is 10.2. The number of carbonyl (C=O) groups excluding carboxylic acids is 3. The highest BCUT2D eigenvalue weighted by Gasteiger charge is 2.30. The number of likely N-dealkylation sites (N-methyl/N-ethyl adjacent to an activating group) is 1. The topological polar surface area (TPSA) is 97.7 Å². The molecule has 2 amide bonds. The third kappa shape index (κ3) is 6.13. The van der Waals surface area contributed by atoms with Gasteiger partial charge in [0.15, 0.2) is 11.8 Å². The summed E-state index contributed by atoms with van der Waals surface area (Å²) in [6.45, 7) is 4.09. The second-order valence-corrected chi connectivity index (χ2v) is 8.97. The van der Waals surface area contributed by atoms with Crippen LogP contribution in [0.5, 0.6) is 5.75 Å². The maximum Gasteiger partial charge on any atom is 0.338 e. The molecule has 0 aromatic heterocycles. The maximum atomic E-state index is 12.9. The van der Waals surface area contributed by atoms with E-state index in [2.05, 4.69) is 4.99 Å². The zero-order valence-corrected chi connectivity index (χ0v) is 21.0. The molecule has 0 N–H and O–H groups in total. The average Bonchev–Trinajstić information content (AvgIpc) is 3.16. The minimum absolute atomic E-state index is 0.0926. The van der Waals surface area contributed by atoms with E-state index in [9.17, 15) is 14.4 Å². The summed E-state index contributed by atoms with van der Waals surface area (Å²) in [5.41, 5.74) is 1.61. The molecule has 2 aromatic carbocycles. The number of amides is 2. The average molecular weight is 510 g/mol. The van der Waals surface area contributed by atoms with Gasteiger partial charge in [0.05, 0.1) is 36.0 Å². The summed E-state index contributed by atoms with van der Waals surface area (Å²) in [5.74, 6) is -0.228. The number of morpholine rings is 1. The van der Waals surface area contributed by atoms with Crippen molar-refractivity contribution in [1.29, 1.82) is 0 Å². The number of thioether (sulfide) groups is 1. The van der Waals surface area contributed by atoms with Crippen LogP contribution in [-0.2, 0) is 19.1 Å². The Labute approximate surface area is 213 Å². The molecule has 2 aromatic rings. The molecule has 2 fully saturated rings. The molecule has 10 heteroatoms. The van der Waals surface area contributed by atoms with E-state index in [1.54, 1.807) is 55.3 Å². The molecule has 2 saturated heterocycles. The summed E-state index contributed by atoms with van der Waals surface area (Å²) in [7, 11) is 1.65. The Kier molecular flexibility index (Phi) is 8.40. The van der Waals surface area contributed by atoms with Gasteiger partial charge in [0.2, 0.25) is 0 Å². The molecule has 0 unspecified atom stereocenters. The number of esters is 1. The van der Waals surface area contributed by atoms with Crippen LogP contribution in [-0.4, -0.2) is 79.3 Å². The first-order valence-electron chi connectivity index (χ1n) is 11.6. The van der Waals surface area contributed by atoms with Gasteiger partial charge < -0.3 is 19.1 Å².